The average Bonchev–Trinajstić information content (AvgIpc) is 2.42. The van der Waals surface area contributed by atoms with E-state index < -0.39 is 0 Å². The van der Waals surface area contributed by atoms with Gasteiger partial charge in [-0.25, -0.2) is 0 Å². The first-order valence-corrected chi connectivity index (χ1v) is 6.72. The summed E-state index contributed by atoms with van der Waals surface area (Å²) in [4.78, 5) is 0. The van der Waals surface area contributed by atoms with E-state index in [9.17, 15) is 5.11 Å². The van der Waals surface area contributed by atoms with Crippen LogP contribution in [-0.4, -0.2) is 5.11 Å². The van der Waals surface area contributed by atoms with Crippen molar-refractivity contribution in [2.45, 2.75) is 33.7 Å². The van der Waals surface area contributed by atoms with Gasteiger partial charge < -0.3 is 10.4 Å². The number of aromatic hydroxyl groups is 1. The van der Waals surface area contributed by atoms with Gasteiger partial charge in [-0.15, -0.1) is 0 Å². The van der Waals surface area contributed by atoms with Gasteiger partial charge in [-0.05, 0) is 54.7 Å². The number of phenols is 1. The highest BCUT2D eigenvalue weighted by molar-refractivity contribution is 5.56. The predicted molar refractivity (Wildman–Crippen MR) is 80.7 cm³/mol. The summed E-state index contributed by atoms with van der Waals surface area (Å²) in [5.74, 6) is 0.357. The van der Waals surface area contributed by atoms with Crippen molar-refractivity contribution in [1.29, 1.82) is 0 Å². The lowest BCUT2D eigenvalue weighted by molar-refractivity contribution is 0.471. The smallest absolute Gasteiger partial charge is 0.118 e. The van der Waals surface area contributed by atoms with Crippen molar-refractivity contribution in [3.8, 4) is 5.75 Å². The maximum atomic E-state index is 9.64. The largest absolute Gasteiger partial charge is 0.508 e. The maximum Gasteiger partial charge on any atom is 0.118 e. The summed E-state index contributed by atoms with van der Waals surface area (Å²) in [6.45, 7) is 6.88. The molecule has 0 bridgehead atoms. The van der Waals surface area contributed by atoms with E-state index in [1.807, 2.05) is 19.9 Å². The SMILES string of the molecule is CCc1ccc(CNc2cc(C)c(O)cc2C)cc1. The van der Waals surface area contributed by atoms with Gasteiger partial charge in [-0.3, -0.25) is 0 Å². The van der Waals surface area contributed by atoms with Crippen molar-refractivity contribution in [1.82, 2.24) is 0 Å². The Labute approximate surface area is 115 Å². The first-order chi connectivity index (χ1) is 9.10. The van der Waals surface area contributed by atoms with Crippen LogP contribution in [0.4, 0.5) is 5.69 Å². The Kier molecular flexibility index (Phi) is 4.10. The van der Waals surface area contributed by atoms with Crippen LogP contribution in [0.25, 0.3) is 0 Å². The molecule has 0 aromatic heterocycles. The minimum absolute atomic E-state index is 0.357. The second-order valence-electron chi connectivity index (χ2n) is 4.98. The molecule has 0 aliphatic rings. The van der Waals surface area contributed by atoms with Gasteiger partial charge >= 0.3 is 0 Å². The van der Waals surface area contributed by atoms with Crippen LogP contribution in [0.2, 0.25) is 0 Å². The van der Waals surface area contributed by atoms with Crippen molar-refractivity contribution in [2.24, 2.45) is 0 Å². The Hall–Kier alpha value is -1.96. The van der Waals surface area contributed by atoms with Crippen LogP contribution in [-0.2, 0) is 13.0 Å². The molecule has 0 aliphatic heterocycles. The molecule has 0 unspecified atom stereocenters. The summed E-state index contributed by atoms with van der Waals surface area (Å²) >= 11 is 0. The minimum atomic E-state index is 0.357. The number of benzene rings is 2. The molecule has 0 saturated carbocycles. The van der Waals surface area contributed by atoms with Gasteiger partial charge in [0.15, 0.2) is 0 Å². The zero-order valence-electron chi connectivity index (χ0n) is 11.8. The van der Waals surface area contributed by atoms with Crippen LogP contribution in [0.3, 0.4) is 0 Å². The van der Waals surface area contributed by atoms with Gasteiger partial charge in [-0.1, -0.05) is 31.2 Å². The number of aryl methyl sites for hydroxylation is 3. The molecule has 0 spiro atoms. The fourth-order valence-electron chi connectivity index (χ4n) is 2.08. The molecular formula is C17H21NO. The molecule has 0 saturated heterocycles. The van der Waals surface area contributed by atoms with E-state index in [1.165, 1.54) is 11.1 Å². The third kappa shape index (κ3) is 3.28. The fraction of sp³-hybridized carbons (Fsp3) is 0.294. The van der Waals surface area contributed by atoms with E-state index in [0.717, 1.165) is 29.8 Å². The summed E-state index contributed by atoms with van der Waals surface area (Å²) in [6.07, 6.45) is 1.07. The molecule has 19 heavy (non-hydrogen) atoms. The van der Waals surface area contributed by atoms with Crippen molar-refractivity contribution in [3.05, 3.63) is 58.7 Å². The van der Waals surface area contributed by atoms with Crippen molar-refractivity contribution in [2.75, 3.05) is 5.32 Å². The highest BCUT2D eigenvalue weighted by Crippen LogP contribution is 2.25. The second kappa shape index (κ2) is 5.79. The zero-order chi connectivity index (χ0) is 13.8. The molecular weight excluding hydrogens is 234 g/mol. The molecule has 100 valence electrons. The van der Waals surface area contributed by atoms with Crippen LogP contribution in [0.1, 0.15) is 29.2 Å². The Bertz CT molecular complexity index is 558. The van der Waals surface area contributed by atoms with Crippen molar-refractivity contribution < 1.29 is 5.11 Å². The molecule has 2 nitrogen and oxygen atoms in total. The van der Waals surface area contributed by atoms with E-state index in [4.69, 9.17) is 0 Å². The number of hydrogen-bond acceptors (Lipinski definition) is 2. The highest BCUT2D eigenvalue weighted by atomic mass is 16.3. The first kappa shape index (κ1) is 13.5. The minimum Gasteiger partial charge on any atom is -0.508 e. The van der Waals surface area contributed by atoms with Gasteiger partial charge in [0, 0.05) is 12.2 Å². The molecule has 0 amide bonds. The predicted octanol–water partition coefficient (Wildman–Crippen LogP) is 4.18. The molecule has 2 aromatic rings. The summed E-state index contributed by atoms with van der Waals surface area (Å²) in [6, 6.07) is 12.5. The quantitative estimate of drug-likeness (QED) is 0.803. The summed E-state index contributed by atoms with van der Waals surface area (Å²) in [7, 11) is 0. The topological polar surface area (TPSA) is 32.3 Å². The first-order valence-electron chi connectivity index (χ1n) is 6.72. The van der Waals surface area contributed by atoms with Crippen LogP contribution in [0.15, 0.2) is 36.4 Å². The standard InChI is InChI=1S/C17H21NO/c1-4-14-5-7-15(8-6-14)11-18-16-9-13(3)17(19)10-12(16)2/h5-10,18-19H,4,11H2,1-3H3. The van der Waals surface area contributed by atoms with E-state index in [1.54, 1.807) is 6.07 Å². The summed E-state index contributed by atoms with van der Waals surface area (Å²) < 4.78 is 0. The van der Waals surface area contributed by atoms with E-state index in [-0.39, 0.29) is 0 Å². The lowest BCUT2D eigenvalue weighted by Crippen LogP contribution is -2.01. The lowest BCUT2D eigenvalue weighted by Gasteiger charge is -2.12. The Morgan fingerprint density at radius 1 is 0.947 bits per heavy atom. The van der Waals surface area contributed by atoms with Gasteiger partial charge in [0.2, 0.25) is 0 Å². The van der Waals surface area contributed by atoms with Crippen LogP contribution in [0, 0.1) is 13.8 Å². The molecule has 0 fully saturated rings. The van der Waals surface area contributed by atoms with Gasteiger partial charge in [-0.2, -0.15) is 0 Å². The molecule has 0 heterocycles. The van der Waals surface area contributed by atoms with Crippen LogP contribution >= 0.6 is 0 Å². The Morgan fingerprint density at radius 3 is 2.21 bits per heavy atom. The van der Waals surface area contributed by atoms with Crippen molar-refractivity contribution >= 4 is 5.69 Å². The number of phenolic OH excluding ortho intramolecular Hbond substituents is 1. The number of anilines is 1. The van der Waals surface area contributed by atoms with Gasteiger partial charge in [0.25, 0.3) is 0 Å². The zero-order valence-corrected chi connectivity index (χ0v) is 11.8. The molecule has 2 rings (SSSR count). The molecule has 2 aromatic carbocycles. The number of rotatable bonds is 4. The maximum absolute atomic E-state index is 9.64. The van der Waals surface area contributed by atoms with Crippen LogP contribution in [0.5, 0.6) is 5.75 Å². The Balaban J connectivity index is 2.07. The Morgan fingerprint density at radius 2 is 1.58 bits per heavy atom. The van der Waals surface area contributed by atoms with Crippen molar-refractivity contribution in [3.63, 3.8) is 0 Å². The normalized spacial score (nSPS) is 10.5. The third-order valence-electron chi connectivity index (χ3n) is 3.46. The number of nitrogens with one attached hydrogen (secondary N) is 1. The van der Waals surface area contributed by atoms with Crippen LogP contribution < -0.4 is 5.32 Å². The summed E-state index contributed by atoms with van der Waals surface area (Å²) in [5, 5.41) is 13.1. The van der Waals surface area contributed by atoms with E-state index in [0.29, 0.717) is 5.75 Å². The average molecular weight is 255 g/mol. The van der Waals surface area contributed by atoms with Gasteiger partial charge in [0.1, 0.15) is 5.75 Å². The molecule has 2 N–H and O–H groups in total. The van der Waals surface area contributed by atoms with E-state index >= 15 is 0 Å². The van der Waals surface area contributed by atoms with Gasteiger partial charge in [0.05, 0.1) is 0 Å². The third-order valence-corrected chi connectivity index (χ3v) is 3.46. The lowest BCUT2D eigenvalue weighted by atomic mass is 10.1. The molecule has 0 aliphatic carbocycles. The fourth-order valence-corrected chi connectivity index (χ4v) is 2.08. The monoisotopic (exact) mass is 255 g/mol. The molecule has 0 radical (unpaired) electrons. The second-order valence-corrected chi connectivity index (χ2v) is 4.98. The number of hydrogen-bond donors (Lipinski definition) is 2. The van der Waals surface area contributed by atoms with E-state index in [2.05, 4.69) is 36.5 Å². The summed E-state index contributed by atoms with van der Waals surface area (Å²) in [5.41, 5.74) is 5.67. The highest BCUT2D eigenvalue weighted by Gasteiger charge is 2.03. The molecule has 0 atom stereocenters. The molecule has 2 heteroatoms.